The molecule has 0 aromatic heterocycles. The van der Waals surface area contributed by atoms with Gasteiger partial charge >= 0.3 is 0 Å². The second-order valence-electron chi connectivity index (χ2n) is 7.36. The molecule has 2 rings (SSSR count). The third kappa shape index (κ3) is 5.05. The van der Waals surface area contributed by atoms with Gasteiger partial charge in [-0.3, -0.25) is 0 Å². The molecule has 19 heavy (non-hydrogen) atoms. The summed E-state index contributed by atoms with van der Waals surface area (Å²) in [6.45, 7) is 12.7. The first-order valence-electron chi connectivity index (χ1n) is 8.12. The molecule has 2 aliphatic rings. The van der Waals surface area contributed by atoms with Crippen LogP contribution in [0.1, 0.15) is 59.8 Å². The maximum atomic E-state index is 6.23. The lowest BCUT2D eigenvalue weighted by molar-refractivity contribution is -0.0865. The smallest absolute Gasteiger partial charge is 0.0608 e. The van der Waals surface area contributed by atoms with E-state index in [1.807, 2.05) is 0 Å². The number of likely N-dealkylation sites (tertiary alicyclic amines) is 1. The summed E-state index contributed by atoms with van der Waals surface area (Å²) < 4.78 is 6.23. The lowest BCUT2D eigenvalue weighted by Crippen LogP contribution is -2.53. The fourth-order valence-corrected chi connectivity index (χ4v) is 3.26. The molecule has 0 atom stereocenters. The van der Waals surface area contributed by atoms with Crippen molar-refractivity contribution >= 4 is 0 Å². The molecule has 3 heteroatoms. The van der Waals surface area contributed by atoms with E-state index in [0.29, 0.717) is 18.2 Å². The van der Waals surface area contributed by atoms with Gasteiger partial charge in [-0.25, -0.2) is 0 Å². The quantitative estimate of drug-likeness (QED) is 0.830. The molecule has 0 spiro atoms. The van der Waals surface area contributed by atoms with E-state index in [1.165, 1.54) is 51.7 Å². The van der Waals surface area contributed by atoms with Crippen molar-refractivity contribution in [2.45, 2.75) is 83.6 Å². The van der Waals surface area contributed by atoms with Gasteiger partial charge in [0.2, 0.25) is 0 Å². The average Bonchev–Trinajstić information content (AvgIpc) is 2.27. The van der Waals surface area contributed by atoms with Crippen molar-refractivity contribution in [3.8, 4) is 0 Å². The molecule has 112 valence electrons. The molecule has 1 heterocycles. The van der Waals surface area contributed by atoms with Gasteiger partial charge in [0, 0.05) is 24.7 Å². The highest BCUT2D eigenvalue weighted by molar-refractivity contribution is 4.91. The molecular weight excluding hydrogens is 236 g/mol. The third-order valence-electron chi connectivity index (χ3n) is 4.19. The molecule has 0 aromatic rings. The fraction of sp³-hybridized carbons (Fsp3) is 1.00. The Kier molecular flexibility index (Phi) is 5.27. The number of rotatable bonds is 5. The van der Waals surface area contributed by atoms with Crippen molar-refractivity contribution in [2.24, 2.45) is 0 Å². The highest BCUT2D eigenvalue weighted by Crippen LogP contribution is 2.28. The van der Waals surface area contributed by atoms with Gasteiger partial charge in [-0.2, -0.15) is 0 Å². The lowest BCUT2D eigenvalue weighted by Gasteiger charge is -2.42. The van der Waals surface area contributed by atoms with Gasteiger partial charge in [0.25, 0.3) is 0 Å². The van der Waals surface area contributed by atoms with Crippen LogP contribution in [0.4, 0.5) is 0 Å². The molecule has 1 aliphatic heterocycles. The van der Waals surface area contributed by atoms with Crippen LogP contribution in [0.3, 0.4) is 0 Å². The Labute approximate surface area is 119 Å². The van der Waals surface area contributed by atoms with E-state index >= 15 is 0 Å². The molecule has 1 aliphatic carbocycles. The normalized spacial score (nSPS) is 30.3. The van der Waals surface area contributed by atoms with Gasteiger partial charge in [-0.05, 0) is 59.4 Å². The van der Waals surface area contributed by atoms with Crippen molar-refractivity contribution in [1.29, 1.82) is 0 Å². The first-order chi connectivity index (χ1) is 8.96. The second kappa shape index (κ2) is 6.55. The number of hydrogen-bond donors (Lipinski definition) is 1. The fourth-order valence-electron chi connectivity index (χ4n) is 3.26. The van der Waals surface area contributed by atoms with Crippen LogP contribution >= 0.6 is 0 Å². The zero-order valence-electron chi connectivity index (χ0n) is 13.2. The first-order valence-corrected chi connectivity index (χ1v) is 8.12. The van der Waals surface area contributed by atoms with Gasteiger partial charge in [0.1, 0.15) is 0 Å². The van der Waals surface area contributed by atoms with Crippen LogP contribution in [0.2, 0.25) is 0 Å². The molecule has 1 saturated carbocycles. The van der Waals surface area contributed by atoms with Crippen LogP contribution in [0, 0.1) is 0 Å². The van der Waals surface area contributed by atoms with E-state index in [-0.39, 0.29) is 5.54 Å². The minimum absolute atomic E-state index is 0.237. The molecule has 0 bridgehead atoms. The van der Waals surface area contributed by atoms with Crippen molar-refractivity contribution in [3.05, 3.63) is 0 Å². The molecule has 3 nitrogen and oxygen atoms in total. The van der Waals surface area contributed by atoms with Crippen molar-refractivity contribution in [3.63, 3.8) is 0 Å². The Hall–Kier alpha value is -0.120. The summed E-state index contributed by atoms with van der Waals surface area (Å²) in [5.41, 5.74) is 0.237. The zero-order chi connectivity index (χ0) is 13.9. The number of hydrogen-bond acceptors (Lipinski definition) is 3. The molecule has 1 saturated heterocycles. The summed E-state index contributed by atoms with van der Waals surface area (Å²) >= 11 is 0. The SMILES string of the molecule is CCCN1CCC(O[C@H]2C[C@H](NC(C)(C)C)C2)CC1. The Morgan fingerprint density at radius 2 is 1.74 bits per heavy atom. The Morgan fingerprint density at radius 1 is 1.11 bits per heavy atom. The average molecular weight is 268 g/mol. The topological polar surface area (TPSA) is 24.5 Å². The van der Waals surface area contributed by atoms with E-state index in [0.717, 1.165) is 0 Å². The Bertz CT molecular complexity index is 260. The summed E-state index contributed by atoms with van der Waals surface area (Å²) in [7, 11) is 0. The number of nitrogens with one attached hydrogen (secondary N) is 1. The molecule has 0 unspecified atom stereocenters. The minimum Gasteiger partial charge on any atom is -0.375 e. The van der Waals surface area contributed by atoms with Crippen LogP contribution in [0.25, 0.3) is 0 Å². The molecule has 0 aromatic carbocycles. The summed E-state index contributed by atoms with van der Waals surface area (Å²) in [5.74, 6) is 0. The van der Waals surface area contributed by atoms with Crippen LogP contribution in [-0.4, -0.2) is 48.3 Å². The van der Waals surface area contributed by atoms with Gasteiger partial charge in [0.15, 0.2) is 0 Å². The number of nitrogens with zero attached hydrogens (tertiary/aromatic N) is 1. The van der Waals surface area contributed by atoms with E-state index in [4.69, 9.17) is 4.74 Å². The second-order valence-corrected chi connectivity index (χ2v) is 7.36. The lowest BCUT2D eigenvalue weighted by atomic mass is 9.87. The summed E-state index contributed by atoms with van der Waals surface area (Å²) in [6.07, 6.45) is 7.17. The van der Waals surface area contributed by atoms with E-state index in [1.54, 1.807) is 0 Å². The third-order valence-corrected chi connectivity index (χ3v) is 4.19. The van der Waals surface area contributed by atoms with Crippen molar-refractivity contribution < 1.29 is 4.74 Å². The summed E-state index contributed by atoms with van der Waals surface area (Å²) in [4.78, 5) is 2.57. The van der Waals surface area contributed by atoms with E-state index in [2.05, 4.69) is 37.9 Å². The van der Waals surface area contributed by atoms with Gasteiger partial charge in [-0.15, -0.1) is 0 Å². The maximum Gasteiger partial charge on any atom is 0.0608 e. The monoisotopic (exact) mass is 268 g/mol. The molecule has 0 radical (unpaired) electrons. The summed E-state index contributed by atoms with van der Waals surface area (Å²) in [6, 6.07) is 0.671. The van der Waals surface area contributed by atoms with Gasteiger partial charge in [0.05, 0.1) is 12.2 Å². The van der Waals surface area contributed by atoms with E-state index in [9.17, 15) is 0 Å². The Morgan fingerprint density at radius 3 is 2.26 bits per heavy atom. The van der Waals surface area contributed by atoms with Crippen LogP contribution < -0.4 is 5.32 Å². The number of piperidine rings is 1. The zero-order valence-corrected chi connectivity index (χ0v) is 13.2. The molecule has 1 N–H and O–H groups in total. The van der Waals surface area contributed by atoms with E-state index < -0.39 is 0 Å². The minimum atomic E-state index is 0.237. The summed E-state index contributed by atoms with van der Waals surface area (Å²) in [5, 5.41) is 3.66. The molecule has 0 amide bonds. The predicted molar refractivity (Wildman–Crippen MR) is 80.5 cm³/mol. The van der Waals surface area contributed by atoms with Crippen molar-refractivity contribution in [1.82, 2.24) is 10.2 Å². The highest BCUT2D eigenvalue weighted by Gasteiger charge is 2.34. The Balaban J connectivity index is 1.58. The standard InChI is InChI=1S/C16H32N2O/c1-5-8-18-9-6-14(7-10-18)19-15-11-13(12-15)17-16(2,3)4/h13-15,17H,5-12H2,1-4H3/t13-,15-. The first kappa shape index (κ1) is 15.3. The van der Waals surface area contributed by atoms with Crippen LogP contribution in [-0.2, 0) is 4.74 Å². The van der Waals surface area contributed by atoms with Crippen molar-refractivity contribution in [2.75, 3.05) is 19.6 Å². The van der Waals surface area contributed by atoms with Gasteiger partial charge in [-0.1, -0.05) is 6.92 Å². The van der Waals surface area contributed by atoms with Gasteiger partial charge < -0.3 is 15.0 Å². The molecule has 2 fully saturated rings. The highest BCUT2D eigenvalue weighted by atomic mass is 16.5. The van der Waals surface area contributed by atoms with Crippen LogP contribution in [0.5, 0.6) is 0 Å². The predicted octanol–water partition coefficient (Wildman–Crippen LogP) is 2.80. The van der Waals surface area contributed by atoms with Crippen LogP contribution in [0.15, 0.2) is 0 Å². The molecular formula is C16H32N2O. The maximum absolute atomic E-state index is 6.23. The number of ether oxygens (including phenoxy) is 1. The largest absolute Gasteiger partial charge is 0.375 e.